The van der Waals surface area contributed by atoms with Crippen molar-refractivity contribution in [3.05, 3.63) is 76.1 Å². The molecule has 0 atom stereocenters. The molecule has 0 aromatic heterocycles. The summed E-state index contributed by atoms with van der Waals surface area (Å²) in [6.45, 7) is 12.2. The first-order valence-electron chi connectivity index (χ1n) is 9.50. The molecule has 0 bridgehead atoms. The summed E-state index contributed by atoms with van der Waals surface area (Å²) in [5, 5.41) is 29.0. The number of carbonyl (C=O) groups is 1. The van der Waals surface area contributed by atoms with Gasteiger partial charge in [-0.15, -0.1) is 0 Å². The molecule has 29 heavy (non-hydrogen) atoms. The lowest BCUT2D eigenvalue weighted by Crippen LogP contribution is -2.06. The molecule has 1 aromatic rings. The number of aryl methyl sites for hydroxylation is 1. The van der Waals surface area contributed by atoms with Crippen LogP contribution in [0.5, 0.6) is 0 Å². The molecule has 5 heteroatoms. The average Bonchev–Trinajstić information content (AvgIpc) is 2.68. The Labute approximate surface area is 172 Å². The molecule has 0 aliphatic heterocycles. The molecule has 1 aromatic carbocycles. The number of carboxylic acids is 1. The summed E-state index contributed by atoms with van der Waals surface area (Å²) in [6, 6.07) is 7.72. The van der Waals surface area contributed by atoms with Crippen LogP contribution in [0.1, 0.15) is 50.3 Å². The first kappa shape index (κ1) is 23.6. The molecule has 1 rings (SSSR count). The molecular weight excluding hydrogens is 364 g/mol. The van der Waals surface area contributed by atoms with E-state index in [9.17, 15) is 20.3 Å². The standard InChI is InChI=1S/C24H28N2O3/c1-6-10-26-15-22(24(28)29)23(27)13-19(7-2)17(4)12-18(5)21-11-16(3)8-9-20(21)14-25/h8-9,11-13,15,27H,5-7,10H2,1-4H3,(H,28,29)/b17-12+,19-13+,23-22-,26-15?. The molecule has 5 nitrogen and oxygen atoms in total. The highest BCUT2D eigenvalue weighted by atomic mass is 16.4. The van der Waals surface area contributed by atoms with Gasteiger partial charge in [0.25, 0.3) is 0 Å². The molecule has 0 radical (unpaired) electrons. The Morgan fingerprint density at radius 1 is 1.28 bits per heavy atom. The molecule has 0 aliphatic rings. The second-order valence-corrected chi connectivity index (χ2v) is 6.68. The molecule has 0 aliphatic carbocycles. The van der Waals surface area contributed by atoms with Crippen LogP contribution < -0.4 is 0 Å². The van der Waals surface area contributed by atoms with Crippen LogP contribution in [0.3, 0.4) is 0 Å². The van der Waals surface area contributed by atoms with Crippen molar-refractivity contribution in [3.8, 4) is 6.07 Å². The minimum absolute atomic E-state index is 0.249. The van der Waals surface area contributed by atoms with Crippen molar-refractivity contribution >= 4 is 17.8 Å². The molecule has 2 N–H and O–H groups in total. The third-order valence-corrected chi connectivity index (χ3v) is 4.31. The third kappa shape index (κ3) is 6.93. The number of aliphatic imine (C=N–C) groups is 1. The Morgan fingerprint density at radius 2 is 1.97 bits per heavy atom. The Balaban J connectivity index is 3.33. The molecule has 0 heterocycles. The number of aliphatic hydroxyl groups excluding tert-OH is 1. The first-order valence-corrected chi connectivity index (χ1v) is 9.50. The minimum atomic E-state index is -1.24. The van der Waals surface area contributed by atoms with Crippen LogP contribution in [0.15, 0.2) is 64.4 Å². The fourth-order valence-electron chi connectivity index (χ4n) is 2.71. The Bertz CT molecular complexity index is 941. The summed E-state index contributed by atoms with van der Waals surface area (Å²) in [7, 11) is 0. The lowest BCUT2D eigenvalue weighted by Gasteiger charge is -2.10. The van der Waals surface area contributed by atoms with Gasteiger partial charge in [0, 0.05) is 12.8 Å². The molecule has 0 unspecified atom stereocenters. The molecule has 0 fully saturated rings. The van der Waals surface area contributed by atoms with Crippen molar-refractivity contribution in [3.63, 3.8) is 0 Å². The maximum Gasteiger partial charge on any atom is 0.341 e. The zero-order valence-electron chi connectivity index (χ0n) is 17.5. The zero-order valence-corrected chi connectivity index (χ0v) is 17.5. The highest BCUT2D eigenvalue weighted by molar-refractivity contribution is 6.09. The topological polar surface area (TPSA) is 93.7 Å². The number of benzene rings is 1. The van der Waals surface area contributed by atoms with Gasteiger partial charge in [-0.2, -0.15) is 5.26 Å². The maximum absolute atomic E-state index is 11.4. The van der Waals surface area contributed by atoms with Crippen LogP contribution >= 0.6 is 0 Å². The van der Waals surface area contributed by atoms with Gasteiger partial charge in [-0.1, -0.05) is 44.2 Å². The molecular formula is C24H28N2O3. The first-order chi connectivity index (χ1) is 13.7. The van der Waals surface area contributed by atoms with Gasteiger partial charge in [0.05, 0.1) is 11.6 Å². The van der Waals surface area contributed by atoms with E-state index in [1.807, 2.05) is 45.9 Å². The summed E-state index contributed by atoms with van der Waals surface area (Å²) in [4.78, 5) is 15.5. The lowest BCUT2D eigenvalue weighted by molar-refractivity contribution is -0.132. The number of rotatable bonds is 9. The second-order valence-electron chi connectivity index (χ2n) is 6.68. The summed E-state index contributed by atoms with van der Waals surface area (Å²) in [6.07, 6.45) is 5.84. The van der Waals surface area contributed by atoms with Gasteiger partial charge in [-0.25, -0.2) is 4.79 Å². The van der Waals surface area contributed by atoms with E-state index in [4.69, 9.17) is 0 Å². The number of hydrogen-bond acceptors (Lipinski definition) is 4. The number of aliphatic hydroxyl groups is 1. The van der Waals surface area contributed by atoms with E-state index in [-0.39, 0.29) is 11.3 Å². The highest BCUT2D eigenvalue weighted by Gasteiger charge is 2.12. The van der Waals surface area contributed by atoms with Crippen molar-refractivity contribution in [1.82, 2.24) is 0 Å². The van der Waals surface area contributed by atoms with Crippen molar-refractivity contribution in [2.45, 2.75) is 40.5 Å². The van der Waals surface area contributed by atoms with Gasteiger partial charge >= 0.3 is 5.97 Å². The van der Waals surface area contributed by atoms with E-state index < -0.39 is 5.97 Å². The number of hydrogen-bond donors (Lipinski definition) is 2. The van der Waals surface area contributed by atoms with E-state index >= 15 is 0 Å². The summed E-state index contributed by atoms with van der Waals surface area (Å²) in [5.74, 6) is -1.58. The van der Waals surface area contributed by atoms with Crippen molar-refractivity contribution in [1.29, 1.82) is 5.26 Å². The zero-order chi connectivity index (χ0) is 22.0. The Hall–Kier alpha value is -3.39. The fraction of sp³-hybridized carbons (Fsp3) is 0.292. The third-order valence-electron chi connectivity index (χ3n) is 4.31. The van der Waals surface area contributed by atoms with Crippen molar-refractivity contribution in [2.75, 3.05) is 6.54 Å². The van der Waals surface area contributed by atoms with E-state index in [0.717, 1.165) is 28.7 Å². The summed E-state index contributed by atoms with van der Waals surface area (Å²) < 4.78 is 0. The van der Waals surface area contributed by atoms with Crippen LogP contribution in [0.2, 0.25) is 0 Å². The van der Waals surface area contributed by atoms with Crippen LogP contribution in [0.25, 0.3) is 5.57 Å². The number of aliphatic carboxylic acids is 1. The normalized spacial score (nSPS) is 13.2. The van der Waals surface area contributed by atoms with Gasteiger partial charge in [-0.05, 0) is 61.1 Å². The van der Waals surface area contributed by atoms with Gasteiger partial charge in [0.15, 0.2) is 0 Å². The van der Waals surface area contributed by atoms with Crippen LogP contribution in [0.4, 0.5) is 0 Å². The van der Waals surface area contributed by atoms with Crippen LogP contribution in [-0.2, 0) is 4.79 Å². The van der Waals surface area contributed by atoms with E-state index in [2.05, 4.69) is 17.6 Å². The highest BCUT2D eigenvalue weighted by Crippen LogP contribution is 2.25. The van der Waals surface area contributed by atoms with Gasteiger partial charge in [0.1, 0.15) is 11.3 Å². The second kappa shape index (κ2) is 11.5. The van der Waals surface area contributed by atoms with Crippen LogP contribution in [0, 0.1) is 18.3 Å². The summed E-state index contributed by atoms with van der Waals surface area (Å²) in [5.41, 5.74) is 4.32. The SMILES string of the molecule is C=C(/C=C(C)/C(=C/C(O)=C(\C=NCCC)C(=O)O)CC)c1cc(C)ccc1C#N. The number of carboxylic acid groups (broad SMARTS) is 1. The predicted octanol–water partition coefficient (Wildman–Crippen LogP) is 5.54. The quantitative estimate of drug-likeness (QED) is 0.250. The van der Waals surface area contributed by atoms with Gasteiger partial charge < -0.3 is 10.2 Å². The minimum Gasteiger partial charge on any atom is -0.507 e. The Kier molecular flexibility index (Phi) is 9.34. The van der Waals surface area contributed by atoms with Gasteiger partial charge in [-0.3, -0.25) is 4.99 Å². The largest absolute Gasteiger partial charge is 0.507 e. The van der Waals surface area contributed by atoms with E-state index in [1.54, 1.807) is 6.07 Å². The van der Waals surface area contributed by atoms with Crippen molar-refractivity contribution < 1.29 is 15.0 Å². The van der Waals surface area contributed by atoms with E-state index in [1.165, 1.54) is 12.3 Å². The van der Waals surface area contributed by atoms with E-state index in [0.29, 0.717) is 24.1 Å². The number of nitriles is 1. The number of allylic oxidation sites excluding steroid dienone is 5. The monoisotopic (exact) mass is 392 g/mol. The predicted molar refractivity (Wildman–Crippen MR) is 118 cm³/mol. The molecule has 152 valence electrons. The summed E-state index contributed by atoms with van der Waals surface area (Å²) >= 11 is 0. The van der Waals surface area contributed by atoms with Gasteiger partial charge in [0.2, 0.25) is 0 Å². The van der Waals surface area contributed by atoms with Crippen LogP contribution in [-0.4, -0.2) is 28.9 Å². The molecule has 0 amide bonds. The molecule has 0 spiro atoms. The Morgan fingerprint density at radius 3 is 2.52 bits per heavy atom. The lowest BCUT2D eigenvalue weighted by atomic mass is 9.95. The average molecular weight is 392 g/mol. The fourth-order valence-corrected chi connectivity index (χ4v) is 2.71. The maximum atomic E-state index is 11.4. The molecule has 0 saturated heterocycles. The number of nitrogens with zero attached hydrogens (tertiary/aromatic N) is 2. The molecule has 0 saturated carbocycles. The van der Waals surface area contributed by atoms with Crippen molar-refractivity contribution in [2.24, 2.45) is 4.99 Å². The smallest absolute Gasteiger partial charge is 0.341 e.